The Balaban J connectivity index is 1.55. The summed E-state index contributed by atoms with van der Waals surface area (Å²) in [5.41, 5.74) is 3.64. The van der Waals surface area contributed by atoms with Gasteiger partial charge in [-0.05, 0) is 63.1 Å². The van der Waals surface area contributed by atoms with Crippen molar-refractivity contribution in [3.05, 3.63) is 59.2 Å². The number of para-hydroxylation sites is 1. The summed E-state index contributed by atoms with van der Waals surface area (Å²) < 4.78 is 0. The quantitative estimate of drug-likeness (QED) is 0.707. The van der Waals surface area contributed by atoms with E-state index in [-0.39, 0.29) is 17.2 Å². The molecule has 0 spiro atoms. The van der Waals surface area contributed by atoms with E-state index in [1.54, 1.807) is 26.0 Å². The van der Waals surface area contributed by atoms with E-state index in [9.17, 15) is 19.5 Å². The van der Waals surface area contributed by atoms with E-state index in [1.165, 1.54) is 17.1 Å². The molecule has 1 N–H and O–H groups in total. The minimum absolute atomic E-state index is 0.0574. The van der Waals surface area contributed by atoms with Crippen molar-refractivity contribution in [3.63, 3.8) is 0 Å². The van der Waals surface area contributed by atoms with Crippen molar-refractivity contribution in [3.8, 4) is 0 Å². The first kappa shape index (κ1) is 22.0. The number of carboxylic acids is 1. The van der Waals surface area contributed by atoms with E-state index < -0.39 is 24.0 Å². The zero-order valence-electron chi connectivity index (χ0n) is 18.6. The molecule has 2 heterocycles. The van der Waals surface area contributed by atoms with Crippen molar-refractivity contribution in [2.75, 3.05) is 10.0 Å². The third-order valence-corrected chi connectivity index (χ3v) is 5.59. The van der Waals surface area contributed by atoms with Crippen LogP contribution in [-0.2, 0) is 9.59 Å². The lowest BCUT2D eigenvalue weighted by atomic mass is 10.1. The minimum atomic E-state index is -1.17. The van der Waals surface area contributed by atoms with Gasteiger partial charge in [0.2, 0.25) is 0 Å². The topological polar surface area (TPSA) is 127 Å². The van der Waals surface area contributed by atoms with E-state index in [1.807, 2.05) is 32.0 Å². The number of aromatic carboxylic acids is 1. The number of nitrogens with zero attached hydrogens (tertiary/aromatic N) is 6. The summed E-state index contributed by atoms with van der Waals surface area (Å²) >= 11 is 0. The number of carbonyl (C=O) groups is 3. The van der Waals surface area contributed by atoms with E-state index in [2.05, 4.69) is 20.4 Å². The Kier molecular flexibility index (Phi) is 5.59. The molecular weight excluding hydrogens is 424 g/mol. The van der Waals surface area contributed by atoms with Crippen LogP contribution < -0.4 is 10.0 Å². The van der Waals surface area contributed by atoms with Crippen molar-refractivity contribution < 1.29 is 19.5 Å². The Morgan fingerprint density at radius 2 is 1.42 bits per heavy atom. The van der Waals surface area contributed by atoms with Gasteiger partial charge in [0.1, 0.15) is 0 Å². The molecule has 4 rings (SSSR count). The molecule has 2 aliphatic heterocycles. The van der Waals surface area contributed by atoms with Crippen LogP contribution in [0.2, 0.25) is 0 Å². The molecule has 33 heavy (non-hydrogen) atoms. The summed E-state index contributed by atoms with van der Waals surface area (Å²) in [6, 6.07) is 9.67. The Bertz CT molecular complexity index is 1270. The largest absolute Gasteiger partial charge is 0.478 e. The molecule has 0 radical (unpaired) electrons. The van der Waals surface area contributed by atoms with Crippen molar-refractivity contribution in [2.24, 2.45) is 20.4 Å². The van der Waals surface area contributed by atoms with Gasteiger partial charge in [-0.25, -0.2) is 4.79 Å². The molecule has 2 aromatic rings. The molecule has 2 aliphatic rings. The molecule has 0 fully saturated rings. The highest BCUT2D eigenvalue weighted by molar-refractivity contribution is 6.20. The average Bonchev–Trinajstić information content (AvgIpc) is 3.23. The second kappa shape index (κ2) is 8.38. The van der Waals surface area contributed by atoms with Gasteiger partial charge >= 0.3 is 5.97 Å². The highest BCUT2D eigenvalue weighted by Crippen LogP contribution is 2.28. The summed E-state index contributed by atoms with van der Waals surface area (Å²) in [6.07, 6.45) is 0. The number of carbonyl (C=O) groups excluding carboxylic acids is 2. The number of hydrazone groups is 2. The van der Waals surface area contributed by atoms with Gasteiger partial charge in [0.15, 0.2) is 12.1 Å². The van der Waals surface area contributed by atoms with Crippen molar-refractivity contribution in [1.82, 2.24) is 0 Å². The van der Waals surface area contributed by atoms with Crippen molar-refractivity contribution in [1.29, 1.82) is 0 Å². The molecule has 2 atom stereocenters. The van der Waals surface area contributed by atoms with Gasteiger partial charge in [-0.15, -0.1) is 0 Å². The predicted octanol–water partition coefficient (Wildman–Crippen LogP) is 3.34. The number of rotatable bonds is 5. The van der Waals surface area contributed by atoms with Crippen LogP contribution in [-0.4, -0.2) is 46.4 Å². The van der Waals surface area contributed by atoms with Crippen LogP contribution in [0.25, 0.3) is 0 Å². The number of anilines is 2. The summed E-state index contributed by atoms with van der Waals surface area (Å²) in [7, 11) is 0. The Morgan fingerprint density at radius 1 is 0.848 bits per heavy atom. The minimum Gasteiger partial charge on any atom is -0.478 e. The number of amides is 2. The number of benzene rings is 2. The van der Waals surface area contributed by atoms with Gasteiger partial charge in [0.25, 0.3) is 11.8 Å². The Hall–Kier alpha value is -4.21. The smallest absolute Gasteiger partial charge is 0.337 e. The van der Waals surface area contributed by atoms with Crippen LogP contribution in [0, 0.1) is 13.8 Å². The standard InChI is InChI=1S/C23H22N6O4/c1-12-9-10-16(11-13(12)2)28-21(30)19(14(3)26-28)24-25-20-15(4)27-29(22(20)31)18-8-6-5-7-17(18)23(32)33/h5-11,19-20H,1-4H3,(H,32,33)/b25-24+. The Morgan fingerprint density at radius 3 is 2.03 bits per heavy atom. The van der Waals surface area contributed by atoms with Gasteiger partial charge in [0, 0.05) is 0 Å². The second-order valence-electron chi connectivity index (χ2n) is 7.91. The highest BCUT2D eigenvalue weighted by atomic mass is 16.4. The number of azo groups is 1. The first-order valence-corrected chi connectivity index (χ1v) is 10.3. The number of carboxylic acid groups (broad SMARTS) is 1. The number of hydrogen-bond acceptors (Lipinski definition) is 7. The highest BCUT2D eigenvalue weighted by Gasteiger charge is 2.39. The summed E-state index contributed by atoms with van der Waals surface area (Å²) in [5.74, 6) is -2.09. The summed E-state index contributed by atoms with van der Waals surface area (Å²) in [5, 5.41) is 28.5. The van der Waals surface area contributed by atoms with Crippen LogP contribution >= 0.6 is 0 Å². The lowest BCUT2D eigenvalue weighted by Crippen LogP contribution is -2.32. The molecule has 2 unspecified atom stereocenters. The lowest BCUT2D eigenvalue weighted by Gasteiger charge is -2.15. The summed E-state index contributed by atoms with van der Waals surface area (Å²) in [6.45, 7) is 7.21. The third-order valence-electron chi connectivity index (χ3n) is 5.59. The molecule has 168 valence electrons. The SMILES string of the molecule is CC1=NN(c2ccc(C)c(C)c2)C(=O)C1/N=N/C1C(=O)N(c2ccccc2C(=O)O)N=C1C. The number of hydrogen-bond donors (Lipinski definition) is 1. The van der Waals surface area contributed by atoms with Gasteiger partial charge in [0.05, 0.1) is 28.4 Å². The van der Waals surface area contributed by atoms with Gasteiger partial charge in [-0.1, -0.05) is 18.2 Å². The molecule has 2 amide bonds. The van der Waals surface area contributed by atoms with Gasteiger partial charge < -0.3 is 5.11 Å². The van der Waals surface area contributed by atoms with E-state index in [0.717, 1.165) is 16.1 Å². The van der Waals surface area contributed by atoms with E-state index in [0.29, 0.717) is 17.1 Å². The first-order valence-electron chi connectivity index (χ1n) is 10.3. The molecule has 0 aromatic heterocycles. The number of aryl methyl sites for hydroxylation is 2. The molecule has 0 aliphatic carbocycles. The average molecular weight is 446 g/mol. The maximum absolute atomic E-state index is 13.0. The Labute approximate surface area is 189 Å². The fourth-order valence-corrected chi connectivity index (χ4v) is 3.57. The monoisotopic (exact) mass is 446 g/mol. The van der Waals surface area contributed by atoms with Crippen LogP contribution in [0.5, 0.6) is 0 Å². The van der Waals surface area contributed by atoms with Crippen LogP contribution in [0.4, 0.5) is 11.4 Å². The third kappa shape index (κ3) is 3.91. The van der Waals surface area contributed by atoms with E-state index in [4.69, 9.17) is 0 Å². The second-order valence-corrected chi connectivity index (χ2v) is 7.91. The first-order chi connectivity index (χ1) is 15.7. The molecule has 10 heteroatoms. The van der Waals surface area contributed by atoms with Crippen LogP contribution in [0.3, 0.4) is 0 Å². The van der Waals surface area contributed by atoms with E-state index >= 15 is 0 Å². The van der Waals surface area contributed by atoms with Crippen LogP contribution in [0.15, 0.2) is 62.9 Å². The molecule has 0 saturated carbocycles. The van der Waals surface area contributed by atoms with Crippen molar-refractivity contribution in [2.45, 2.75) is 39.8 Å². The normalized spacial score (nSPS) is 20.6. The zero-order chi connectivity index (χ0) is 23.9. The van der Waals surface area contributed by atoms with Crippen LogP contribution in [0.1, 0.15) is 35.3 Å². The molecular formula is C23H22N6O4. The molecule has 10 nitrogen and oxygen atoms in total. The lowest BCUT2D eigenvalue weighted by molar-refractivity contribution is -0.119. The zero-order valence-corrected chi connectivity index (χ0v) is 18.6. The summed E-state index contributed by atoms with van der Waals surface area (Å²) in [4.78, 5) is 37.4. The fraction of sp³-hybridized carbons (Fsp3) is 0.261. The molecule has 2 aromatic carbocycles. The maximum atomic E-state index is 13.0. The molecule has 0 saturated heterocycles. The predicted molar refractivity (Wildman–Crippen MR) is 123 cm³/mol. The fourth-order valence-electron chi connectivity index (χ4n) is 3.57. The molecule has 0 bridgehead atoms. The van der Waals surface area contributed by atoms with Gasteiger partial charge in [-0.2, -0.15) is 30.4 Å². The van der Waals surface area contributed by atoms with Gasteiger partial charge in [-0.3, -0.25) is 9.59 Å². The van der Waals surface area contributed by atoms with Crippen molar-refractivity contribution >= 4 is 40.6 Å². The maximum Gasteiger partial charge on any atom is 0.337 e.